The van der Waals surface area contributed by atoms with Crippen molar-refractivity contribution in [2.75, 3.05) is 0 Å². The van der Waals surface area contributed by atoms with Crippen LogP contribution < -0.4 is 0 Å². The predicted molar refractivity (Wildman–Crippen MR) is 82.7 cm³/mol. The molecule has 1 heterocycles. The van der Waals surface area contributed by atoms with Crippen molar-refractivity contribution in [3.8, 4) is 0 Å². The minimum atomic E-state index is 0.905. The monoisotopic (exact) mass is 268 g/mol. The first-order valence-electron chi connectivity index (χ1n) is 8.29. The molecule has 0 aliphatic heterocycles. The van der Waals surface area contributed by atoms with Crippen molar-refractivity contribution in [1.29, 1.82) is 0 Å². The highest BCUT2D eigenvalue weighted by molar-refractivity contribution is 5.75. The number of imidazole rings is 1. The maximum absolute atomic E-state index is 4.87. The zero-order valence-electron chi connectivity index (χ0n) is 12.4. The zero-order valence-corrected chi connectivity index (χ0v) is 12.4. The number of hydrogen-bond donors (Lipinski definition) is 0. The van der Waals surface area contributed by atoms with Crippen LogP contribution in [-0.4, -0.2) is 9.55 Å². The van der Waals surface area contributed by atoms with Crippen molar-refractivity contribution in [1.82, 2.24) is 9.55 Å². The van der Waals surface area contributed by atoms with Crippen molar-refractivity contribution >= 4 is 11.0 Å². The third-order valence-electron chi connectivity index (χ3n) is 5.51. The average molecular weight is 268 g/mol. The van der Waals surface area contributed by atoms with E-state index in [1.165, 1.54) is 55.5 Å². The summed E-state index contributed by atoms with van der Waals surface area (Å²) in [7, 11) is 0. The minimum Gasteiger partial charge on any atom is -0.328 e. The van der Waals surface area contributed by atoms with Gasteiger partial charge in [0, 0.05) is 13.0 Å². The van der Waals surface area contributed by atoms with Crippen LogP contribution in [0.2, 0.25) is 0 Å². The van der Waals surface area contributed by atoms with Crippen LogP contribution in [0.4, 0.5) is 0 Å². The third kappa shape index (κ3) is 1.97. The van der Waals surface area contributed by atoms with Gasteiger partial charge in [-0.05, 0) is 55.6 Å². The maximum atomic E-state index is 4.87. The second-order valence-electron chi connectivity index (χ2n) is 6.81. The zero-order chi connectivity index (χ0) is 13.5. The lowest BCUT2D eigenvalue weighted by molar-refractivity contribution is 0.295. The Bertz CT molecular complexity index is 613. The topological polar surface area (TPSA) is 17.8 Å². The second kappa shape index (κ2) is 4.91. The number of aromatic nitrogens is 2. The average Bonchev–Trinajstić information content (AvgIpc) is 3.15. The molecule has 0 radical (unpaired) electrons. The lowest BCUT2D eigenvalue weighted by atomic mass is 9.88. The van der Waals surface area contributed by atoms with Gasteiger partial charge in [-0.15, -0.1) is 0 Å². The first-order valence-corrected chi connectivity index (χ1v) is 8.29. The molecule has 2 fully saturated rings. The molecule has 0 N–H and O–H groups in total. The van der Waals surface area contributed by atoms with E-state index in [0.717, 1.165) is 24.2 Å². The van der Waals surface area contributed by atoms with Gasteiger partial charge in [-0.25, -0.2) is 4.98 Å². The summed E-state index contributed by atoms with van der Waals surface area (Å²) >= 11 is 0. The fourth-order valence-corrected chi connectivity index (χ4v) is 4.58. The molecule has 20 heavy (non-hydrogen) atoms. The second-order valence-corrected chi connectivity index (χ2v) is 6.81. The molecule has 2 aliphatic rings. The summed E-state index contributed by atoms with van der Waals surface area (Å²) in [6.07, 6.45) is 8.22. The summed E-state index contributed by atoms with van der Waals surface area (Å²) in [5.41, 5.74) is 2.53. The number of benzene rings is 1. The number of fused-ring (bicyclic) bond motifs is 3. The van der Waals surface area contributed by atoms with E-state index in [-0.39, 0.29) is 0 Å². The standard InChI is InChI=1S/C18H24N2/c1-2-5-18-19-16-6-3-4-7-17(16)20(18)12-15-11-13-8-9-14(15)10-13/h3-4,6-7,13-15H,2,5,8-12H2,1H3. The maximum Gasteiger partial charge on any atom is 0.109 e. The quantitative estimate of drug-likeness (QED) is 0.802. The Labute approximate surface area is 121 Å². The van der Waals surface area contributed by atoms with E-state index < -0.39 is 0 Å². The molecular weight excluding hydrogens is 244 g/mol. The molecule has 2 aromatic rings. The van der Waals surface area contributed by atoms with Crippen LogP contribution in [0.5, 0.6) is 0 Å². The summed E-state index contributed by atoms with van der Waals surface area (Å²) in [5.74, 6) is 4.24. The highest BCUT2D eigenvalue weighted by atomic mass is 15.1. The van der Waals surface area contributed by atoms with Crippen LogP contribution in [-0.2, 0) is 13.0 Å². The molecule has 2 aliphatic carbocycles. The molecular formula is C18H24N2. The minimum absolute atomic E-state index is 0.905. The Morgan fingerprint density at radius 2 is 2.10 bits per heavy atom. The Morgan fingerprint density at radius 3 is 2.85 bits per heavy atom. The molecule has 1 aromatic carbocycles. The van der Waals surface area contributed by atoms with Crippen LogP contribution >= 0.6 is 0 Å². The fourth-order valence-electron chi connectivity index (χ4n) is 4.58. The lowest BCUT2D eigenvalue weighted by Crippen LogP contribution is -2.18. The first kappa shape index (κ1) is 12.4. The van der Waals surface area contributed by atoms with Crippen LogP contribution in [0.3, 0.4) is 0 Å². The summed E-state index contributed by atoms with van der Waals surface area (Å²) in [5, 5.41) is 0. The summed E-state index contributed by atoms with van der Waals surface area (Å²) in [6.45, 7) is 3.46. The van der Waals surface area contributed by atoms with Crippen LogP contribution in [0, 0.1) is 17.8 Å². The third-order valence-corrected chi connectivity index (χ3v) is 5.51. The van der Waals surface area contributed by atoms with Gasteiger partial charge in [-0.3, -0.25) is 0 Å². The predicted octanol–water partition coefficient (Wildman–Crippen LogP) is 4.43. The van der Waals surface area contributed by atoms with Crippen molar-refractivity contribution in [3.63, 3.8) is 0 Å². The van der Waals surface area contributed by atoms with Gasteiger partial charge in [0.2, 0.25) is 0 Å². The normalized spacial score (nSPS) is 28.6. The summed E-state index contributed by atoms with van der Waals surface area (Å²) in [6, 6.07) is 8.66. The molecule has 2 nitrogen and oxygen atoms in total. The molecule has 2 saturated carbocycles. The Hall–Kier alpha value is -1.31. The molecule has 106 valence electrons. The van der Waals surface area contributed by atoms with Gasteiger partial charge in [-0.1, -0.05) is 25.5 Å². The van der Waals surface area contributed by atoms with Gasteiger partial charge >= 0.3 is 0 Å². The van der Waals surface area contributed by atoms with Gasteiger partial charge < -0.3 is 4.57 Å². The van der Waals surface area contributed by atoms with E-state index >= 15 is 0 Å². The van der Waals surface area contributed by atoms with Crippen molar-refractivity contribution in [2.24, 2.45) is 17.8 Å². The molecule has 0 amide bonds. The molecule has 2 heteroatoms. The van der Waals surface area contributed by atoms with E-state index in [9.17, 15) is 0 Å². The number of para-hydroxylation sites is 2. The van der Waals surface area contributed by atoms with E-state index in [1.807, 2.05) is 0 Å². The summed E-state index contributed by atoms with van der Waals surface area (Å²) in [4.78, 5) is 4.87. The smallest absolute Gasteiger partial charge is 0.109 e. The molecule has 3 unspecified atom stereocenters. The molecule has 4 rings (SSSR count). The van der Waals surface area contributed by atoms with E-state index in [0.29, 0.717) is 0 Å². The Kier molecular flexibility index (Phi) is 3.05. The highest BCUT2D eigenvalue weighted by Gasteiger charge is 2.39. The van der Waals surface area contributed by atoms with Gasteiger partial charge in [0.25, 0.3) is 0 Å². The highest BCUT2D eigenvalue weighted by Crippen LogP contribution is 2.49. The number of nitrogens with zero attached hydrogens (tertiary/aromatic N) is 2. The Balaban J connectivity index is 1.68. The number of rotatable bonds is 4. The molecule has 3 atom stereocenters. The fraction of sp³-hybridized carbons (Fsp3) is 0.611. The van der Waals surface area contributed by atoms with Crippen LogP contribution in [0.15, 0.2) is 24.3 Å². The van der Waals surface area contributed by atoms with Crippen LogP contribution in [0.25, 0.3) is 11.0 Å². The van der Waals surface area contributed by atoms with Gasteiger partial charge in [-0.2, -0.15) is 0 Å². The van der Waals surface area contributed by atoms with Crippen molar-refractivity contribution < 1.29 is 0 Å². The summed E-state index contributed by atoms with van der Waals surface area (Å²) < 4.78 is 2.53. The van der Waals surface area contributed by atoms with Gasteiger partial charge in [0.05, 0.1) is 11.0 Å². The molecule has 0 saturated heterocycles. The SMILES string of the molecule is CCCc1nc2ccccc2n1CC1CC2CCC1C2. The van der Waals surface area contributed by atoms with Crippen LogP contribution in [0.1, 0.15) is 44.9 Å². The Morgan fingerprint density at radius 1 is 1.20 bits per heavy atom. The van der Waals surface area contributed by atoms with E-state index in [4.69, 9.17) is 4.98 Å². The van der Waals surface area contributed by atoms with Gasteiger partial charge in [0.1, 0.15) is 5.82 Å². The number of hydrogen-bond acceptors (Lipinski definition) is 1. The largest absolute Gasteiger partial charge is 0.328 e. The van der Waals surface area contributed by atoms with Crippen molar-refractivity contribution in [2.45, 2.75) is 52.0 Å². The van der Waals surface area contributed by atoms with Crippen molar-refractivity contribution in [3.05, 3.63) is 30.1 Å². The first-order chi connectivity index (χ1) is 9.85. The molecule has 1 aromatic heterocycles. The number of aryl methyl sites for hydroxylation is 1. The molecule has 0 spiro atoms. The van der Waals surface area contributed by atoms with Gasteiger partial charge in [0.15, 0.2) is 0 Å². The van der Waals surface area contributed by atoms with E-state index in [2.05, 4.69) is 35.8 Å². The lowest BCUT2D eigenvalue weighted by Gasteiger charge is -2.23. The molecule has 2 bridgehead atoms. The van der Waals surface area contributed by atoms with E-state index in [1.54, 1.807) is 0 Å².